The average Bonchev–Trinajstić information content (AvgIpc) is 3.44. The number of ketones is 2. The van der Waals surface area contributed by atoms with E-state index in [1.807, 2.05) is 0 Å². The second-order valence-electron chi connectivity index (χ2n) is 9.73. The number of carbonyl (C=O) groups excluding carboxylic acids is 4. The van der Waals surface area contributed by atoms with Gasteiger partial charge in [-0.05, 0) is 36.4 Å². The van der Waals surface area contributed by atoms with Crippen LogP contribution in [0.3, 0.4) is 0 Å². The molecule has 0 radical (unpaired) electrons. The number of imide groups is 1. The van der Waals surface area contributed by atoms with E-state index in [2.05, 4.69) is 0 Å². The normalized spacial score (nSPS) is 23.1. The van der Waals surface area contributed by atoms with Crippen LogP contribution in [-0.2, 0) is 9.59 Å². The maximum absolute atomic E-state index is 13.9. The van der Waals surface area contributed by atoms with Crippen molar-refractivity contribution >= 4 is 46.4 Å². The van der Waals surface area contributed by atoms with Crippen LogP contribution < -0.4 is 4.90 Å². The topological polar surface area (TPSA) is 118 Å². The van der Waals surface area contributed by atoms with E-state index < -0.39 is 40.7 Å². The van der Waals surface area contributed by atoms with Crippen LogP contribution in [0.25, 0.3) is 0 Å². The van der Waals surface area contributed by atoms with Crippen molar-refractivity contribution in [1.29, 1.82) is 0 Å². The summed E-state index contributed by atoms with van der Waals surface area (Å²) in [5.41, 5.74) is 0.883. The number of rotatable bonds is 6. The highest BCUT2D eigenvalue weighted by Crippen LogP contribution is 2.47. The van der Waals surface area contributed by atoms with Crippen molar-refractivity contribution in [3.05, 3.63) is 129 Å². The monoisotopic (exact) mass is 553 g/mol. The van der Waals surface area contributed by atoms with Crippen molar-refractivity contribution in [3.8, 4) is 0 Å². The van der Waals surface area contributed by atoms with E-state index >= 15 is 0 Å². The average molecular weight is 554 g/mol. The number of nitro groups is 1. The fraction of sp³-hybridized carbons (Fsp3) is 0.133. The molecule has 0 aliphatic carbocycles. The van der Waals surface area contributed by atoms with Gasteiger partial charge >= 0.3 is 0 Å². The van der Waals surface area contributed by atoms with E-state index in [0.29, 0.717) is 21.7 Å². The number of amides is 2. The number of nitrogens with zero attached hydrogens (tertiary/aromatic N) is 3. The van der Waals surface area contributed by atoms with Crippen molar-refractivity contribution in [1.82, 2.24) is 4.90 Å². The van der Waals surface area contributed by atoms with Gasteiger partial charge in [-0.3, -0.25) is 29.3 Å². The van der Waals surface area contributed by atoms with Gasteiger partial charge in [-0.1, -0.05) is 54.1 Å². The number of anilines is 1. The molecular weight excluding hydrogens is 534 g/mol. The van der Waals surface area contributed by atoms with Gasteiger partial charge in [0, 0.05) is 40.1 Å². The molecular formula is C30H20ClN3O6. The molecule has 0 saturated carbocycles. The Morgan fingerprint density at radius 2 is 1.55 bits per heavy atom. The van der Waals surface area contributed by atoms with Crippen LogP contribution in [0.4, 0.5) is 11.4 Å². The Morgan fingerprint density at radius 3 is 2.25 bits per heavy atom. The minimum absolute atomic E-state index is 0.0544. The number of benzene rings is 3. The second-order valence-corrected chi connectivity index (χ2v) is 10.2. The first kappa shape index (κ1) is 25.4. The molecule has 198 valence electrons. The molecule has 3 aromatic rings. The summed E-state index contributed by atoms with van der Waals surface area (Å²) in [5, 5.41) is 11.8. The van der Waals surface area contributed by atoms with Crippen LogP contribution >= 0.6 is 11.6 Å². The molecule has 0 aromatic heterocycles. The molecule has 2 fully saturated rings. The summed E-state index contributed by atoms with van der Waals surface area (Å²) in [7, 11) is 0. The van der Waals surface area contributed by atoms with Gasteiger partial charge in [0.1, 0.15) is 6.04 Å². The van der Waals surface area contributed by atoms with Gasteiger partial charge in [0.15, 0.2) is 11.6 Å². The third-order valence-electron chi connectivity index (χ3n) is 7.54. The molecule has 3 aliphatic rings. The summed E-state index contributed by atoms with van der Waals surface area (Å²) >= 11 is 6.01. The first-order chi connectivity index (χ1) is 19.3. The molecule has 0 unspecified atom stereocenters. The molecule has 9 nitrogen and oxygen atoms in total. The smallest absolute Gasteiger partial charge is 0.271 e. The molecule has 3 heterocycles. The van der Waals surface area contributed by atoms with Crippen molar-refractivity contribution < 1.29 is 24.1 Å². The zero-order valence-electron chi connectivity index (χ0n) is 20.7. The Balaban J connectivity index is 1.44. The maximum Gasteiger partial charge on any atom is 0.271 e. The first-order valence-electron chi connectivity index (χ1n) is 12.5. The Hall–Kier alpha value is -4.89. The highest BCUT2D eigenvalue weighted by Gasteiger charge is 2.63. The first-order valence-corrected chi connectivity index (χ1v) is 12.8. The molecule has 0 spiro atoms. The van der Waals surface area contributed by atoms with Gasteiger partial charge in [-0.25, -0.2) is 4.90 Å². The standard InChI is InChI=1S/C30H20ClN3O6/c31-20-11-9-18(10-12-20)28(36)26-25-24(29(37)33(30(25)38)21-7-4-8-22(16-21)34(39)40)23-15-19(13-14-32(23)26)27(35)17-5-2-1-3-6-17/h1-16,23-26H/t23-,24-,25-,26+/m1/s1. The van der Waals surface area contributed by atoms with Crippen LogP contribution in [0.2, 0.25) is 5.02 Å². The molecule has 0 N–H and O–H groups in total. The van der Waals surface area contributed by atoms with Crippen LogP contribution in [0, 0.1) is 22.0 Å². The molecule has 2 amide bonds. The molecule has 2 saturated heterocycles. The van der Waals surface area contributed by atoms with Gasteiger partial charge in [0.25, 0.3) is 5.69 Å². The number of non-ortho nitro benzene ring substituents is 1. The third-order valence-corrected chi connectivity index (χ3v) is 7.79. The number of halogens is 1. The van der Waals surface area contributed by atoms with Gasteiger partial charge in [-0.2, -0.15) is 0 Å². The predicted octanol–water partition coefficient (Wildman–Crippen LogP) is 4.63. The lowest BCUT2D eigenvalue weighted by atomic mass is 9.85. The van der Waals surface area contributed by atoms with Crippen LogP contribution in [-0.4, -0.2) is 45.3 Å². The fourth-order valence-electron chi connectivity index (χ4n) is 5.74. The zero-order chi connectivity index (χ0) is 28.1. The van der Waals surface area contributed by atoms with Gasteiger partial charge in [-0.15, -0.1) is 0 Å². The van der Waals surface area contributed by atoms with Gasteiger partial charge in [0.05, 0.1) is 28.5 Å². The van der Waals surface area contributed by atoms with Crippen molar-refractivity contribution in [3.63, 3.8) is 0 Å². The fourth-order valence-corrected chi connectivity index (χ4v) is 5.87. The van der Waals surface area contributed by atoms with Gasteiger partial charge in [0.2, 0.25) is 11.8 Å². The molecule has 3 aromatic carbocycles. The molecule has 40 heavy (non-hydrogen) atoms. The SMILES string of the molecule is O=C(C1=C[C@@H]2[C@H]3C(=O)N(c4cccc([N+](=O)[O-])c4)C(=O)[C@H]3[C@@H](C(=O)c3ccc(Cl)cc3)N2C=C1)c1ccccc1. The van der Waals surface area contributed by atoms with E-state index in [-0.39, 0.29) is 22.9 Å². The highest BCUT2D eigenvalue weighted by molar-refractivity contribution is 6.30. The van der Waals surface area contributed by atoms with Gasteiger partial charge < -0.3 is 4.90 Å². The van der Waals surface area contributed by atoms with Crippen LogP contribution in [0.15, 0.2) is 103 Å². The number of allylic oxidation sites excluding steroid dienone is 2. The lowest BCUT2D eigenvalue weighted by Crippen LogP contribution is -2.46. The van der Waals surface area contributed by atoms with E-state index in [9.17, 15) is 29.3 Å². The number of fused-ring (bicyclic) bond motifs is 3. The lowest BCUT2D eigenvalue weighted by Gasteiger charge is -2.32. The number of hydrogen-bond acceptors (Lipinski definition) is 7. The molecule has 4 atom stereocenters. The van der Waals surface area contributed by atoms with Crippen molar-refractivity contribution in [2.45, 2.75) is 12.1 Å². The Labute approximate surface area is 233 Å². The highest BCUT2D eigenvalue weighted by atomic mass is 35.5. The van der Waals surface area contributed by atoms with E-state index in [0.717, 1.165) is 11.0 Å². The summed E-state index contributed by atoms with van der Waals surface area (Å²) < 4.78 is 0. The summed E-state index contributed by atoms with van der Waals surface area (Å²) in [4.78, 5) is 68.2. The predicted molar refractivity (Wildman–Crippen MR) is 146 cm³/mol. The van der Waals surface area contributed by atoms with E-state index in [1.165, 1.54) is 18.2 Å². The minimum Gasteiger partial charge on any atom is -0.359 e. The zero-order valence-corrected chi connectivity index (χ0v) is 21.5. The van der Waals surface area contributed by atoms with E-state index in [4.69, 9.17) is 11.6 Å². The quantitative estimate of drug-likeness (QED) is 0.189. The molecule has 0 bridgehead atoms. The summed E-state index contributed by atoms with van der Waals surface area (Å²) in [6.45, 7) is 0. The van der Waals surface area contributed by atoms with E-state index in [1.54, 1.807) is 77.8 Å². The third kappa shape index (κ3) is 4.02. The second kappa shape index (κ2) is 9.69. The molecule has 6 rings (SSSR count). The Kier molecular flexibility index (Phi) is 6.15. The lowest BCUT2D eigenvalue weighted by molar-refractivity contribution is -0.384. The maximum atomic E-state index is 13.9. The number of Topliss-reactive ketones (excluding diaryl/α,β-unsaturated/α-hetero) is 2. The Morgan fingerprint density at radius 1 is 0.850 bits per heavy atom. The number of nitro benzene ring substituents is 1. The number of carbonyl (C=O) groups is 4. The summed E-state index contributed by atoms with van der Waals surface area (Å²) in [5.74, 6) is -3.92. The van der Waals surface area contributed by atoms with Crippen LogP contribution in [0.1, 0.15) is 20.7 Å². The summed E-state index contributed by atoms with van der Waals surface area (Å²) in [6, 6.07) is 18.3. The molecule has 10 heteroatoms. The summed E-state index contributed by atoms with van der Waals surface area (Å²) in [6.07, 6.45) is 4.81. The van der Waals surface area contributed by atoms with Crippen molar-refractivity contribution in [2.75, 3.05) is 4.90 Å². The van der Waals surface area contributed by atoms with Crippen LogP contribution in [0.5, 0.6) is 0 Å². The van der Waals surface area contributed by atoms with Crippen molar-refractivity contribution in [2.24, 2.45) is 11.8 Å². The minimum atomic E-state index is -1.08. The largest absolute Gasteiger partial charge is 0.359 e. The Bertz CT molecular complexity index is 1650. The number of hydrogen-bond donors (Lipinski definition) is 0. The molecule has 3 aliphatic heterocycles.